The molecule has 4 atom stereocenters. The molecule has 0 spiro atoms. The van der Waals surface area contributed by atoms with Gasteiger partial charge in [-0.05, 0) is 64.0 Å². The SMILES string of the molecule is Cc1ncsc1-c1ccc([C@H](C)NC(=O)[C@@H]2C[C@@H](O)CN2C(=O)C(NC(=O)CCCCCCCNC(=O)OC(C)(C)C)C(C)(C)C)cc1. The summed E-state index contributed by atoms with van der Waals surface area (Å²) in [5.74, 6) is -0.932. The number of aromatic nitrogens is 1. The number of hydrogen-bond donors (Lipinski definition) is 4. The van der Waals surface area contributed by atoms with Gasteiger partial charge in [0.1, 0.15) is 17.7 Å². The van der Waals surface area contributed by atoms with Crippen molar-refractivity contribution in [3.05, 3.63) is 41.0 Å². The molecule has 1 aliphatic heterocycles. The number of amides is 4. The summed E-state index contributed by atoms with van der Waals surface area (Å²) in [6, 6.07) is 5.95. The van der Waals surface area contributed by atoms with Crippen LogP contribution >= 0.6 is 11.3 Å². The first kappa shape index (κ1) is 38.9. The molecule has 0 saturated carbocycles. The fourth-order valence-corrected chi connectivity index (χ4v) is 6.51. The maximum absolute atomic E-state index is 13.9. The summed E-state index contributed by atoms with van der Waals surface area (Å²) in [6.45, 7) is 15.5. The zero-order valence-corrected chi connectivity index (χ0v) is 30.7. The predicted molar refractivity (Wildman–Crippen MR) is 188 cm³/mol. The van der Waals surface area contributed by atoms with Gasteiger partial charge in [-0.2, -0.15) is 0 Å². The molecule has 4 amide bonds. The summed E-state index contributed by atoms with van der Waals surface area (Å²) in [4.78, 5) is 58.9. The minimum atomic E-state index is -0.857. The molecular weight excluding hydrogens is 630 g/mol. The highest BCUT2D eigenvalue weighted by atomic mass is 32.1. The lowest BCUT2D eigenvalue weighted by molar-refractivity contribution is -0.144. The molecule has 1 aromatic heterocycles. The van der Waals surface area contributed by atoms with Gasteiger partial charge in [-0.15, -0.1) is 11.3 Å². The number of carbonyl (C=O) groups is 4. The van der Waals surface area contributed by atoms with Gasteiger partial charge in [-0.1, -0.05) is 64.3 Å². The van der Waals surface area contributed by atoms with Crippen LogP contribution in [0.2, 0.25) is 0 Å². The van der Waals surface area contributed by atoms with Gasteiger partial charge >= 0.3 is 6.09 Å². The van der Waals surface area contributed by atoms with Gasteiger partial charge in [0.25, 0.3) is 0 Å². The number of carbonyl (C=O) groups excluding carboxylic acids is 4. The van der Waals surface area contributed by atoms with E-state index in [-0.39, 0.29) is 43.1 Å². The highest BCUT2D eigenvalue weighted by molar-refractivity contribution is 7.13. The molecule has 0 bridgehead atoms. The molecule has 3 rings (SSSR count). The molecule has 0 radical (unpaired) electrons. The average Bonchev–Trinajstić information content (AvgIpc) is 3.60. The van der Waals surface area contributed by atoms with E-state index < -0.39 is 35.3 Å². The number of unbranched alkanes of at least 4 members (excludes halogenated alkanes) is 4. The van der Waals surface area contributed by atoms with Crippen LogP contribution in [0.5, 0.6) is 0 Å². The Hall–Kier alpha value is -3.51. The second-order valence-electron chi connectivity index (χ2n) is 14.8. The molecular formula is C36H55N5O6S. The van der Waals surface area contributed by atoms with Gasteiger partial charge in [0.15, 0.2) is 0 Å². The van der Waals surface area contributed by atoms with Crippen molar-refractivity contribution in [3.8, 4) is 10.4 Å². The second kappa shape index (κ2) is 17.2. The second-order valence-corrected chi connectivity index (χ2v) is 15.7. The van der Waals surface area contributed by atoms with Gasteiger partial charge in [-0.3, -0.25) is 14.4 Å². The van der Waals surface area contributed by atoms with Crippen LogP contribution < -0.4 is 16.0 Å². The quantitative estimate of drug-likeness (QED) is 0.188. The number of hydrogen-bond acceptors (Lipinski definition) is 8. The minimum absolute atomic E-state index is 0.0272. The Labute approximate surface area is 289 Å². The molecule has 2 aromatic rings. The largest absolute Gasteiger partial charge is 0.444 e. The molecule has 4 N–H and O–H groups in total. The molecule has 48 heavy (non-hydrogen) atoms. The van der Waals surface area contributed by atoms with Crippen LogP contribution in [0.4, 0.5) is 4.79 Å². The Morgan fingerprint density at radius 2 is 1.65 bits per heavy atom. The van der Waals surface area contributed by atoms with E-state index in [9.17, 15) is 24.3 Å². The van der Waals surface area contributed by atoms with E-state index in [1.54, 1.807) is 11.3 Å². The van der Waals surface area contributed by atoms with Gasteiger partial charge in [0.05, 0.1) is 28.2 Å². The number of rotatable bonds is 14. The number of β-amino-alcohol motifs (C(OH)–C–C–N with tert-alkyl or cyclic N) is 1. The van der Waals surface area contributed by atoms with Crippen molar-refractivity contribution in [2.24, 2.45) is 5.41 Å². The zero-order valence-electron chi connectivity index (χ0n) is 29.9. The van der Waals surface area contributed by atoms with Gasteiger partial charge in [0.2, 0.25) is 17.7 Å². The van der Waals surface area contributed by atoms with E-state index in [0.717, 1.165) is 47.4 Å². The fraction of sp³-hybridized carbons (Fsp3) is 0.639. The van der Waals surface area contributed by atoms with Crippen molar-refractivity contribution in [2.75, 3.05) is 13.1 Å². The van der Waals surface area contributed by atoms with Gasteiger partial charge in [-0.25, -0.2) is 9.78 Å². The lowest BCUT2D eigenvalue weighted by Crippen LogP contribution is -2.57. The van der Waals surface area contributed by atoms with Crippen LogP contribution in [0.15, 0.2) is 29.8 Å². The first-order valence-electron chi connectivity index (χ1n) is 17.0. The van der Waals surface area contributed by atoms with E-state index in [4.69, 9.17) is 4.74 Å². The highest BCUT2D eigenvalue weighted by Gasteiger charge is 2.44. The summed E-state index contributed by atoms with van der Waals surface area (Å²) in [5, 5.41) is 19.2. The third-order valence-corrected chi connectivity index (χ3v) is 9.29. The molecule has 12 heteroatoms. The van der Waals surface area contributed by atoms with E-state index in [1.165, 1.54) is 4.90 Å². The maximum atomic E-state index is 13.9. The van der Waals surface area contributed by atoms with Crippen molar-refractivity contribution < 1.29 is 29.0 Å². The number of benzene rings is 1. The van der Waals surface area contributed by atoms with Gasteiger partial charge < -0.3 is 30.7 Å². The van der Waals surface area contributed by atoms with Gasteiger partial charge in [0, 0.05) is 25.9 Å². The Balaban J connectivity index is 1.50. The third kappa shape index (κ3) is 11.9. The van der Waals surface area contributed by atoms with E-state index >= 15 is 0 Å². The maximum Gasteiger partial charge on any atom is 0.407 e. The number of thiazole rings is 1. The van der Waals surface area contributed by atoms with E-state index in [1.807, 2.05) is 85.2 Å². The number of aliphatic hydroxyl groups excluding tert-OH is 1. The van der Waals surface area contributed by atoms with Crippen molar-refractivity contribution in [3.63, 3.8) is 0 Å². The Morgan fingerprint density at radius 3 is 2.25 bits per heavy atom. The van der Waals surface area contributed by atoms with Crippen LogP contribution in [0.1, 0.15) is 111 Å². The molecule has 1 aliphatic rings. The predicted octanol–water partition coefficient (Wildman–Crippen LogP) is 5.65. The number of alkyl carbamates (subject to hydrolysis) is 1. The number of ether oxygens (including phenoxy) is 1. The Bertz CT molecular complexity index is 1380. The van der Waals surface area contributed by atoms with Crippen LogP contribution in [-0.4, -0.2) is 75.7 Å². The van der Waals surface area contributed by atoms with Crippen molar-refractivity contribution in [1.82, 2.24) is 25.8 Å². The molecule has 266 valence electrons. The Morgan fingerprint density at radius 1 is 1.00 bits per heavy atom. The number of nitrogens with zero attached hydrogens (tertiary/aromatic N) is 2. The average molecular weight is 686 g/mol. The van der Waals surface area contributed by atoms with Crippen molar-refractivity contribution >= 4 is 35.2 Å². The van der Waals surface area contributed by atoms with Crippen LogP contribution in [-0.2, 0) is 19.1 Å². The molecule has 1 aromatic carbocycles. The first-order chi connectivity index (χ1) is 22.5. The van der Waals surface area contributed by atoms with E-state index in [0.29, 0.717) is 13.0 Å². The normalized spacial score (nSPS) is 17.8. The standard InChI is InChI=1S/C36H55N5O6S/c1-23(25-15-17-26(18-16-25)30-24(2)38-22-48-30)39-32(44)28-20-27(42)21-41(28)33(45)31(35(3,4)5)40-29(43)14-12-10-9-11-13-19-37-34(46)47-36(6,7)8/h15-18,22-23,27-28,31,42H,9-14,19-21H2,1-8H3,(H,37,46)(H,39,44)(H,40,43)/t23-,27+,28-,31?/m0/s1. The van der Waals surface area contributed by atoms with Crippen LogP contribution in [0, 0.1) is 12.3 Å². The summed E-state index contributed by atoms with van der Waals surface area (Å²) >= 11 is 1.58. The summed E-state index contributed by atoms with van der Waals surface area (Å²) in [7, 11) is 0. The van der Waals surface area contributed by atoms with E-state index in [2.05, 4.69) is 20.9 Å². The first-order valence-corrected chi connectivity index (χ1v) is 17.9. The van der Waals surface area contributed by atoms with Crippen molar-refractivity contribution in [2.45, 2.75) is 130 Å². The topological polar surface area (TPSA) is 150 Å². The third-order valence-electron chi connectivity index (χ3n) is 8.31. The molecule has 1 fully saturated rings. The fourth-order valence-electron chi connectivity index (χ4n) is 5.69. The summed E-state index contributed by atoms with van der Waals surface area (Å²) < 4.78 is 5.23. The molecule has 11 nitrogen and oxygen atoms in total. The molecule has 2 heterocycles. The number of aliphatic hydroxyl groups is 1. The number of aryl methyl sites for hydroxylation is 1. The van der Waals surface area contributed by atoms with Crippen LogP contribution in [0.3, 0.4) is 0 Å². The highest BCUT2D eigenvalue weighted by Crippen LogP contribution is 2.29. The summed E-state index contributed by atoms with van der Waals surface area (Å²) in [5.41, 5.74) is 3.63. The van der Waals surface area contributed by atoms with Crippen LogP contribution in [0.25, 0.3) is 10.4 Å². The summed E-state index contributed by atoms with van der Waals surface area (Å²) in [6.07, 6.45) is 3.33. The molecule has 0 aliphatic carbocycles. The number of likely N-dealkylation sites (tertiary alicyclic amines) is 1. The van der Waals surface area contributed by atoms with Crippen molar-refractivity contribution in [1.29, 1.82) is 0 Å². The smallest absolute Gasteiger partial charge is 0.407 e. The lowest BCUT2D eigenvalue weighted by atomic mass is 9.85. The Kier molecular flexibility index (Phi) is 14.0. The monoisotopic (exact) mass is 685 g/mol. The number of nitrogens with one attached hydrogen (secondary N) is 3. The zero-order chi connectivity index (χ0) is 35.6. The minimum Gasteiger partial charge on any atom is -0.444 e. The molecule has 1 unspecified atom stereocenters. The lowest BCUT2D eigenvalue weighted by Gasteiger charge is -2.35. The molecule has 1 saturated heterocycles.